The molecule has 1 saturated heterocycles. The Bertz CT molecular complexity index is 1140. The van der Waals surface area contributed by atoms with Gasteiger partial charge in [-0.25, -0.2) is 4.79 Å². The topological polar surface area (TPSA) is 56.8 Å². The van der Waals surface area contributed by atoms with E-state index in [1.807, 2.05) is 48.5 Å². The highest BCUT2D eigenvalue weighted by Crippen LogP contribution is 2.44. The first-order valence-corrected chi connectivity index (χ1v) is 10.7. The number of alkyl carbamates (subject to hydrolysis) is 1. The molecule has 0 spiro atoms. The molecule has 1 fully saturated rings. The lowest BCUT2D eigenvalue weighted by atomic mass is 9.98. The zero-order chi connectivity index (χ0) is 21.8. The Labute approximate surface area is 187 Å². The largest absolute Gasteiger partial charge is 0.449 e. The highest BCUT2D eigenvalue weighted by Gasteiger charge is 2.28. The maximum atomic E-state index is 12.2. The SMILES string of the molecule is O=C(NCC#Cc1cccc(C2OCCO2)c1)OCC1c2ccccc2-c2ccccc21. The van der Waals surface area contributed by atoms with Crippen LogP contribution in [0.2, 0.25) is 0 Å². The maximum Gasteiger partial charge on any atom is 0.407 e. The molecule has 1 heterocycles. The molecule has 5 rings (SSSR count). The molecule has 2 aliphatic rings. The van der Waals surface area contributed by atoms with Gasteiger partial charge in [0, 0.05) is 17.0 Å². The van der Waals surface area contributed by atoms with Gasteiger partial charge in [0.1, 0.15) is 6.61 Å². The number of carbonyl (C=O) groups excluding carboxylic acids is 1. The molecule has 3 aromatic rings. The number of carbonyl (C=O) groups is 1. The second-order valence-electron chi connectivity index (χ2n) is 7.68. The molecule has 5 nitrogen and oxygen atoms in total. The monoisotopic (exact) mass is 425 g/mol. The molecule has 5 heteroatoms. The first-order valence-electron chi connectivity index (χ1n) is 10.7. The van der Waals surface area contributed by atoms with Crippen molar-refractivity contribution in [2.45, 2.75) is 12.2 Å². The lowest BCUT2D eigenvalue weighted by Gasteiger charge is -2.14. The smallest absolute Gasteiger partial charge is 0.407 e. The summed E-state index contributed by atoms with van der Waals surface area (Å²) in [7, 11) is 0. The van der Waals surface area contributed by atoms with Crippen LogP contribution in [-0.2, 0) is 14.2 Å². The predicted octanol–water partition coefficient (Wildman–Crippen LogP) is 4.62. The first kappa shape index (κ1) is 20.3. The maximum absolute atomic E-state index is 12.2. The minimum absolute atomic E-state index is 0.0435. The van der Waals surface area contributed by atoms with Gasteiger partial charge in [-0.05, 0) is 34.4 Å². The Balaban J connectivity index is 1.16. The van der Waals surface area contributed by atoms with Crippen molar-refractivity contribution < 1.29 is 19.0 Å². The molecule has 1 aliphatic carbocycles. The van der Waals surface area contributed by atoms with Crippen molar-refractivity contribution in [2.24, 2.45) is 0 Å². The number of benzene rings is 3. The summed E-state index contributed by atoms with van der Waals surface area (Å²) in [4.78, 5) is 12.2. The number of rotatable bonds is 4. The highest BCUT2D eigenvalue weighted by molar-refractivity contribution is 5.79. The molecular weight excluding hydrogens is 402 g/mol. The number of fused-ring (bicyclic) bond motifs is 3. The van der Waals surface area contributed by atoms with Crippen molar-refractivity contribution in [3.05, 3.63) is 95.1 Å². The van der Waals surface area contributed by atoms with E-state index in [0.717, 1.165) is 11.1 Å². The lowest BCUT2D eigenvalue weighted by Crippen LogP contribution is -2.26. The summed E-state index contributed by atoms with van der Waals surface area (Å²) in [5.41, 5.74) is 6.58. The average Bonchev–Trinajstić information content (AvgIpc) is 3.48. The molecular formula is C27H23NO4. The first-order chi connectivity index (χ1) is 15.8. The third kappa shape index (κ3) is 4.24. The Morgan fingerprint density at radius 1 is 0.938 bits per heavy atom. The Hall–Kier alpha value is -3.59. The van der Waals surface area contributed by atoms with Gasteiger partial charge in [-0.1, -0.05) is 72.5 Å². The van der Waals surface area contributed by atoms with Gasteiger partial charge in [0.15, 0.2) is 6.29 Å². The summed E-state index contributed by atoms with van der Waals surface area (Å²) < 4.78 is 16.6. The van der Waals surface area contributed by atoms with Crippen molar-refractivity contribution in [3.8, 4) is 23.0 Å². The number of ether oxygens (including phenoxy) is 3. The lowest BCUT2D eigenvalue weighted by molar-refractivity contribution is -0.0441. The number of amides is 1. The summed E-state index contributed by atoms with van der Waals surface area (Å²) in [6.07, 6.45) is -0.793. The molecule has 32 heavy (non-hydrogen) atoms. The second kappa shape index (κ2) is 9.27. The van der Waals surface area contributed by atoms with E-state index in [9.17, 15) is 4.79 Å². The van der Waals surface area contributed by atoms with Crippen LogP contribution in [0.1, 0.15) is 34.5 Å². The van der Waals surface area contributed by atoms with Gasteiger partial charge in [0.05, 0.1) is 19.8 Å². The minimum Gasteiger partial charge on any atom is -0.449 e. The van der Waals surface area contributed by atoms with E-state index in [1.54, 1.807) is 0 Å². The van der Waals surface area contributed by atoms with E-state index < -0.39 is 6.09 Å². The Morgan fingerprint density at radius 2 is 1.62 bits per heavy atom. The summed E-state index contributed by atoms with van der Waals surface area (Å²) in [5.74, 6) is 6.07. The normalized spacial score (nSPS) is 14.9. The minimum atomic E-state index is -0.470. The molecule has 0 saturated carbocycles. The number of nitrogens with one attached hydrogen (secondary N) is 1. The van der Waals surface area contributed by atoms with Gasteiger partial charge in [-0.2, -0.15) is 0 Å². The standard InChI is InChI=1S/C27H23NO4/c29-27(28-14-6-8-19-7-5-9-20(17-19)26-30-15-16-31-26)32-18-25-23-12-3-1-10-21(23)22-11-2-4-13-24(22)25/h1-5,7,9-13,17,25-26H,14-16,18H2,(H,28,29). The van der Waals surface area contributed by atoms with Gasteiger partial charge >= 0.3 is 6.09 Å². The summed E-state index contributed by atoms with van der Waals surface area (Å²) in [6, 6.07) is 24.3. The van der Waals surface area contributed by atoms with Crippen molar-refractivity contribution in [1.29, 1.82) is 0 Å². The van der Waals surface area contributed by atoms with Crippen molar-refractivity contribution >= 4 is 6.09 Å². The molecule has 1 aliphatic heterocycles. The fraction of sp³-hybridized carbons (Fsp3) is 0.222. The molecule has 1 N–H and O–H groups in total. The predicted molar refractivity (Wildman–Crippen MR) is 121 cm³/mol. The van der Waals surface area contributed by atoms with E-state index in [1.165, 1.54) is 22.3 Å². The van der Waals surface area contributed by atoms with Crippen LogP contribution in [0, 0.1) is 11.8 Å². The zero-order valence-corrected chi connectivity index (χ0v) is 17.5. The summed E-state index contributed by atoms with van der Waals surface area (Å²) >= 11 is 0. The molecule has 3 aromatic carbocycles. The van der Waals surface area contributed by atoms with Crippen molar-refractivity contribution in [3.63, 3.8) is 0 Å². The molecule has 0 bridgehead atoms. The fourth-order valence-corrected chi connectivity index (χ4v) is 4.23. The highest BCUT2D eigenvalue weighted by atomic mass is 16.7. The molecule has 0 radical (unpaired) electrons. The van der Waals surface area contributed by atoms with E-state index in [4.69, 9.17) is 14.2 Å². The van der Waals surface area contributed by atoms with Crippen molar-refractivity contribution in [1.82, 2.24) is 5.32 Å². The Morgan fingerprint density at radius 3 is 2.34 bits per heavy atom. The third-order valence-electron chi connectivity index (χ3n) is 5.68. The van der Waals surface area contributed by atoms with Crippen LogP contribution >= 0.6 is 0 Å². The Kier molecular flexibility index (Phi) is 5.89. The van der Waals surface area contributed by atoms with Gasteiger partial charge < -0.3 is 19.5 Å². The van der Waals surface area contributed by atoms with Crippen molar-refractivity contribution in [2.75, 3.05) is 26.4 Å². The fourth-order valence-electron chi connectivity index (χ4n) is 4.23. The van der Waals surface area contributed by atoms with E-state index in [0.29, 0.717) is 13.2 Å². The van der Waals surface area contributed by atoms with Crippen LogP contribution in [0.5, 0.6) is 0 Å². The third-order valence-corrected chi connectivity index (χ3v) is 5.68. The van der Waals surface area contributed by atoms with E-state index >= 15 is 0 Å². The second-order valence-corrected chi connectivity index (χ2v) is 7.68. The zero-order valence-electron chi connectivity index (χ0n) is 17.5. The van der Waals surface area contributed by atoms with E-state index in [-0.39, 0.29) is 25.4 Å². The van der Waals surface area contributed by atoms with Crippen LogP contribution in [0.3, 0.4) is 0 Å². The number of hydrogen-bond acceptors (Lipinski definition) is 4. The molecule has 0 aromatic heterocycles. The van der Waals surface area contributed by atoms with Gasteiger partial charge in [-0.3, -0.25) is 0 Å². The average molecular weight is 425 g/mol. The molecule has 1 amide bonds. The van der Waals surface area contributed by atoms with Crippen LogP contribution in [-0.4, -0.2) is 32.5 Å². The molecule has 160 valence electrons. The van der Waals surface area contributed by atoms with Crippen LogP contribution < -0.4 is 5.32 Å². The molecule has 0 unspecified atom stereocenters. The van der Waals surface area contributed by atoms with Gasteiger partial charge in [0.2, 0.25) is 0 Å². The van der Waals surface area contributed by atoms with Crippen LogP contribution in [0.25, 0.3) is 11.1 Å². The number of hydrogen-bond donors (Lipinski definition) is 1. The summed E-state index contributed by atoms with van der Waals surface area (Å²) in [6.45, 7) is 1.70. The van der Waals surface area contributed by atoms with E-state index in [2.05, 4.69) is 41.4 Å². The van der Waals surface area contributed by atoms with Gasteiger partial charge in [0.25, 0.3) is 0 Å². The van der Waals surface area contributed by atoms with Gasteiger partial charge in [-0.15, -0.1) is 0 Å². The van der Waals surface area contributed by atoms with Crippen LogP contribution in [0.4, 0.5) is 4.79 Å². The van der Waals surface area contributed by atoms with Crippen LogP contribution in [0.15, 0.2) is 72.8 Å². The summed E-state index contributed by atoms with van der Waals surface area (Å²) in [5, 5.41) is 2.71. The quantitative estimate of drug-likeness (QED) is 0.620. The molecule has 0 atom stereocenters.